The highest BCUT2D eigenvalue weighted by molar-refractivity contribution is 6.14. The summed E-state index contributed by atoms with van der Waals surface area (Å²) in [5, 5.41) is 9.08. The maximum atomic E-state index is 12.7. The zero-order valence-electron chi connectivity index (χ0n) is 20.6. The third-order valence-corrected chi connectivity index (χ3v) is 6.71. The normalized spacial score (nSPS) is 18.6. The predicted octanol–water partition coefficient (Wildman–Crippen LogP) is 3.66. The second-order valence-electron chi connectivity index (χ2n) is 8.73. The predicted molar refractivity (Wildman–Crippen MR) is 133 cm³/mol. The number of piperidine rings is 1. The summed E-state index contributed by atoms with van der Waals surface area (Å²) in [6.45, 7) is 3.94. The number of rotatable bonds is 5. The molecule has 0 spiro atoms. The molecule has 2 aromatic rings. The molecule has 2 amide bonds. The van der Waals surface area contributed by atoms with Gasteiger partial charge in [0, 0.05) is 44.1 Å². The van der Waals surface area contributed by atoms with E-state index in [0.29, 0.717) is 24.0 Å². The number of methoxy groups -OCH3 is 3. The highest BCUT2D eigenvalue weighted by Crippen LogP contribution is 2.35. The molecule has 34 heavy (non-hydrogen) atoms. The van der Waals surface area contributed by atoms with Crippen LogP contribution in [0, 0.1) is 0 Å². The topological polar surface area (TPSA) is 75.6 Å². The van der Waals surface area contributed by atoms with Gasteiger partial charge in [-0.25, -0.2) is 9.80 Å². The number of ether oxygens (including phenoxy) is 3. The quantitative estimate of drug-likeness (QED) is 0.728. The summed E-state index contributed by atoms with van der Waals surface area (Å²) in [6.07, 6.45) is 3.04. The standard InChI is InChI=1S/C26H34N4O4/c1-17-14-19-15-23(33-4)24(34-5)16-22(19)25(28-30(17)26(31)27-2)18-6-8-20(9-7-18)29-12-10-21(32-3)11-13-29/h6-9,15-17,21H,10-14H2,1-5H3,(H,27,31). The monoisotopic (exact) mass is 466 g/mol. The number of hydrazone groups is 1. The molecular weight excluding hydrogens is 432 g/mol. The van der Waals surface area contributed by atoms with Crippen LogP contribution in [0.25, 0.3) is 0 Å². The molecule has 1 fully saturated rings. The minimum absolute atomic E-state index is 0.129. The number of fused-ring (bicyclic) bond motifs is 1. The molecule has 1 unspecified atom stereocenters. The fourth-order valence-corrected chi connectivity index (χ4v) is 4.73. The highest BCUT2D eigenvalue weighted by atomic mass is 16.5. The largest absolute Gasteiger partial charge is 0.493 e. The van der Waals surface area contributed by atoms with Gasteiger partial charge in [0.15, 0.2) is 11.5 Å². The van der Waals surface area contributed by atoms with E-state index in [2.05, 4.69) is 34.5 Å². The van der Waals surface area contributed by atoms with Crippen molar-refractivity contribution in [1.82, 2.24) is 10.3 Å². The number of hydrogen-bond acceptors (Lipinski definition) is 6. The van der Waals surface area contributed by atoms with Crippen LogP contribution < -0.4 is 19.7 Å². The molecule has 4 rings (SSSR count). The van der Waals surface area contributed by atoms with E-state index >= 15 is 0 Å². The van der Waals surface area contributed by atoms with Gasteiger partial charge in [-0.3, -0.25) is 0 Å². The molecule has 0 bridgehead atoms. The summed E-state index contributed by atoms with van der Waals surface area (Å²) in [5.41, 5.74) is 4.84. The number of benzene rings is 2. The van der Waals surface area contributed by atoms with E-state index in [4.69, 9.17) is 19.3 Å². The molecule has 0 aromatic heterocycles. The summed E-state index contributed by atoms with van der Waals surface area (Å²) < 4.78 is 16.6. The first kappa shape index (κ1) is 23.9. The zero-order chi connectivity index (χ0) is 24.2. The lowest BCUT2D eigenvalue weighted by Gasteiger charge is -2.33. The van der Waals surface area contributed by atoms with E-state index < -0.39 is 0 Å². The van der Waals surface area contributed by atoms with E-state index in [9.17, 15) is 4.79 Å². The van der Waals surface area contributed by atoms with Crippen LogP contribution in [0.2, 0.25) is 0 Å². The van der Waals surface area contributed by atoms with Crippen LogP contribution in [0.5, 0.6) is 11.5 Å². The summed E-state index contributed by atoms with van der Waals surface area (Å²) in [4.78, 5) is 15.0. The number of nitrogens with zero attached hydrogens (tertiary/aromatic N) is 3. The van der Waals surface area contributed by atoms with Crippen LogP contribution in [0.4, 0.5) is 10.5 Å². The number of amides is 2. The van der Waals surface area contributed by atoms with Gasteiger partial charge in [-0.05, 0) is 56.0 Å². The number of hydrogen-bond donors (Lipinski definition) is 1. The maximum Gasteiger partial charge on any atom is 0.337 e. The smallest absolute Gasteiger partial charge is 0.337 e. The molecule has 2 heterocycles. The van der Waals surface area contributed by atoms with Crippen LogP contribution in [0.15, 0.2) is 41.5 Å². The third-order valence-electron chi connectivity index (χ3n) is 6.71. The van der Waals surface area contributed by atoms with Gasteiger partial charge in [0.1, 0.15) is 0 Å². The minimum atomic E-state index is -0.241. The van der Waals surface area contributed by atoms with Crippen molar-refractivity contribution in [2.45, 2.75) is 38.3 Å². The summed E-state index contributed by atoms with van der Waals surface area (Å²) >= 11 is 0. The Labute approximate surface area is 201 Å². The van der Waals surface area contributed by atoms with Crippen molar-refractivity contribution in [2.75, 3.05) is 46.4 Å². The maximum absolute atomic E-state index is 12.7. The first-order chi connectivity index (χ1) is 16.5. The third kappa shape index (κ3) is 4.68. The van der Waals surface area contributed by atoms with Crippen molar-refractivity contribution in [2.24, 2.45) is 5.10 Å². The first-order valence-corrected chi connectivity index (χ1v) is 11.7. The number of carbonyl (C=O) groups is 1. The molecule has 2 aromatic carbocycles. The average molecular weight is 467 g/mol. The molecule has 182 valence electrons. The van der Waals surface area contributed by atoms with Gasteiger partial charge >= 0.3 is 6.03 Å². The molecule has 0 aliphatic carbocycles. The lowest BCUT2D eigenvalue weighted by molar-refractivity contribution is 0.0819. The molecule has 8 nitrogen and oxygen atoms in total. The van der Waals surface area contributed by atoms with Crippen LogP contribution in [0.1, 0.15) is 36.5 Å². The summed E-state index contributed by atoms with van der Waals surface area (Å²) in [5.74, 6) is 1.30. The van der Waals surface area contributed by atoms with Crippen molar-refractivity contribution in [1.29, 1.82) is 0 Å². The Kier molecular flexibility index (Phi) is 7.26. The summed E-state index contributed by atoms with van der Waals surface area (Å²) in [7, 11) is 6.66. The molecule has 1 atom stereocenters. The van der Waals surface area contributed by atoms with Gasteiger partial charge in [0.2, 0.25) is 0 Å². The first-order valence-electron chi connectivity index (χ1n) is 11.7. The van der Waals surface area contributed by atoms with Gasteiger partial charge in [-0.2, -0.15) is 5.10 Å². The lowest BCUT2D eigenvalue weighted by atomic mass is 9.93. The number of anilines is 1. The van der Waals surface area contributed by atoms with Crippen LogP contribution >= 0.6 is 0 Å². The molecular formula is C26H34N4O4. The van der Waals surface area contributed by atoms with Crippen molar-refractivity contribution < 1.29 is 19.0 Å². The molecule has 0 saturated carbocycles. The van der Waals surface area contributed by atoms with Gasteiger partial charge in [0.25, 0.3) is 0 Å². The molecule has 2 aliphatic heterocycles. The Morgan fingerprint density at radius 1 is 1.03 bits per heavy atom. The summed E-state index contributed by atoms with van der Waals surface area (Å²) in [6, 6.07) is 12.0. The second-order valence-corrected chi connectivity index (χ2v) is 8.73. The van der Waals surface area contributed by atoms with E-state index in [0.717, 1.165) is 48.3 Å². The molecule has 0 radical (unpaired) electrons. The number of carbonyl (C=O) groups excluding carboxylic acids is 1. The van der Waals surface area contributed by atoms with E-state index in [1.165, 1.54) is 10.7 Å². The van der Waals surface area contributed by atoms with Crippen molar-refractivity contribution in [3.63, 3.8) is 0 Å². The van der Waals surface area contributed by atoms with Gasteiger partial charge in [0.05, 0.1) is 32.1 Å². The molecule has 1 saturated heterocycles. The van der Waals surface area contributed by atoms with E-state index in [-0.39, 0.29) is 12.1 Å². The van der Waals surface area contributed by atoms with Crippen LogP contribution in [-0.4, -0.2) is 70.4 Å². The fraction of sp³-hybridized carbons (Fsp3) is 0.462. The van der Waals surface area contributed by atoms with Crippen molar-refractivity contribution >= 4 is 17.4 Å². The fourth-order valence-electron chi connectivity index (χ4n) is 4.73. The lowest BCUT2D eigenvalue weighted by Crippen LogP contribution is -2.41. The zero-order valence-corrected chi connectivity index (χ0v) is 20.6. The van der Waals surface area contributed by atoms with E-state index in [1.807, 2.05) is 19.1 Å². The van der Waals surface area contributed by atoms with Gasteiger partial charge < -0.3 is 24.4 Å². The average Bonchev–Trinajstić information content (AvgIpc) is 3.03. The minimum Gasteiger partial charge on any atom is -0.493 e. The van der Waals surface area contributed by atoms with Crippen LogP contribution in [0.3, 0.4) is 0 Å². The number of nitrogens with one attached hydrogen (secondary N) is 1. The SMILES string of the molecule is CNC(=O)N1N=C(c2ccc(N3CCC(OC)CC3)cc2)c2cc(OC)c(OC)cc2CC1C. The Balaban J connectivity index is 1.74. The van der Waals surface area contributed by atoms with Crippen LogP contribution in [-0.2, 0) is 11.2 Å². The Morgan fingerprint density at radius 2 is 1.68 bits per heavy atom. The van der Waals surface area contributed by atoms with Gasteiger partial charge in [-0.1, -0.05) is 12.1 Å². The van der Waals surface area contributed by atoms with E-state index in [1.54, 1.807) is 28.4 Å². The Morgan fingerprint density at radius 3 is 2.26 bits per heavy atom. The highest BCUT2D eigenvalue weighted by Gasteiger charge is 2.28. The molecule has 1 N–H and O–H groups in total. The second kappa shape index (κ2) is 10.3. The van der Waals surface area contributed by atoms with Crippen molar-refractivity contribution in [3.05, 3.63) is 53.1 Å². The Bertz CT molecular complexity index is 1050. The molecule has 8 heteroatoms. The molecule has 2 aliphatic rings. The Hall–Kier alpha value is -3.26. The van der Waals surface area contributed by atoms with Gasteiger partial charge in [-0.15, -0.1) is 0 Å². The van der Waals surface area contributed by atoms with Crippen molar-refractivity contribution in [3.8, 4) is 11.5 Å². The number of urea groups is 1.